The Balaban J connectivity index is 2.13. The lowest BCUT2D eigenvalue weighted by molar-refractivity contribution is 0.310. The summed E-state index contributed by atoms with van der Waals surface area (Å²) in [7, 11) is -3.36. The molecule has 1 fully saturated rings. The number of halogens is 1. The molecule has 18 heavy (non-hydrogen) atoms. The lowest BCUT2D eigenvalue weighted by atomic mass is 9.87. The molecule has 100 valence electrons. The first-order valence-electron chi connectivity index (χ1n) is 6.27. The molecule has 2 atom stereocenters. The summed E-state index contributed by atoms with van der Waals surface area (Å²) in [5.74, 6) is 0.428. The van der Waals surface area contributed by atoms with Crippen LogP contribution in [-0.4, -0.2) is 14.5 Å². The van der Waals surface area contributed by atoms with Crippen molar-refractivity contribution in [3.8, 4) is 0 Å². The number of rotatable bonds is 3. The van der Waals surface area contributed by atoms with Gasteiger partial charge in [-0.2, -0.15) is 0 Å². The van der Waals surface area contributed by atoms with Crippen LogP contribution in [0.2, 0.25) is 0 Å². The van der Waals surface area contributed by atoms with Gasteiger partial charge in [0.1, 0.15) is 0 Å². The second-order valence-electron chi connectivity index (χ2n) is 4.94. The van der Waals surface area contributed by atoms with Crippen molar-refractivity contribution in [3.05, 3.63) is 27.8 Å². The van der Waals surface area contributed by atoms with E-state index in [9.17, 15) is 8.42 Å². The molecule has 1 aliphatic rings. The van der Waals surface area contributed by atoms with Gasteiger partial charge in [0.05, 0.1) is 4.90 Å². The van der Waals surface area contributed by atoms with Crippen LogP contribution in [0.1, 0.15) is 32.6 Å². The van der Waals surface area contributed by atoms with E-state index >= 15 is 0 Å². The zero-order chi connectivity index (χ0) is 13.2. The van der Waals surface area contributed by atoms with Crippen LogP contribution < -0.4 is 4.72 Å². The van der Waals surface area contributed by atoms with Gasteiger partial charge in [0.2, 0.25) is 10.0 Å². The van der Waals surface area contributed by atoms with Gasteiger partial charge >= 0.3 is 0 Å². The Labute approximate surface area is 123 Å². The molecule has 0 saturated heterocycles. The molecular formula is C13H18INO2S. The molecule has 0 heterocycles. The molecule has 0 spiro atoms. The predicted octanol–water partition coefficient (Wildman–Crippen LogP) is 3.15. The monoisotopic (exact) mass is 379 g/mol. The first-order valence-corrected chi connectivity index (χ1v) is 8.83. The van der Waals surface area contributed by atoms with Crippen molar-refractivity contribution >= 4 is 32.6 Å². The molecule has 0 radical (unpaired) electrons. The van der Waals surface area contributed by atoms with E-state index in [1.807, 2.05) is 12.1 Å². The van der Waals surface area contributed by atoms with E-state index in [-0.39, 0.29) is 6.04 Å². The molecule has 0 aromatic heterocycles. The van der Waals surface area contributed by atoms with E-state index in [1.54, 1.807) is 12.1 Å². The highest BCUT2D eigenvalue weighted by molar-refractivity contribution is 14.1. The number of sulfonamides is 1. The fourth-order valence-corrected chi connectivity index (χ4v) is 4.11. The van der Waals surface area contributed by atoms with E-state index < -0.39 is 10.0 Å². The van der Waals surface area contributed by atoms with Crippen LogP contribution in [0.4, 0.5) is 0 Å². The highest BCUT2D eigenvalue weighted by Crippen LogP contribution is 2.25. The van der Waals surface area contributed by atoms with Gasteiger partial charge in [-0.15, -0.1) is 0 Å². The average molecular weight is 379 g/mol. The lowest BCUT2D eigenvalue weighted by Gasteiger charge is -2.29. The van der Waals surface area contributed by atoms with Crippen LogP contribution in [0.25, 0.3) is 0 Å². The molecule has 1 aromatic rings. The van der Waals surface area contributed by atoms with E-state index in [0.29, 0.717) is 10.8 Å². The first-order chi connectivity index (χ1) is 8.49. The molecule has 1 aliphatic carbocycles. The highest BCUT2D eigenvalue weighted by atomic mass is 127. The molecule has 1 aromatic carbocycles. The van der Waals surface area contributed by atoms with Crippen molar-refractivity contribution < 1.29 is 8.42 Å². The molecule has 1 saturated carbocycles. The largest absolute Gasteiger partial charge is 0.240 e. The van der Waals surface area contributed by atoms with Crippen molar-refractivity contribution in [2.45, 2.75) is 43.5 Å². The Bertz CT molecular complexity index is 498. The minimum absolute atomic E-state index is 0.0861. The maximum atomic E-state index is 12.2. The minimum atomic E-state index is -3.36. The van der Waals surface area contributed by atoms with Crippen LogP contribution in [0.15, 0.2) is 29.2 Å². The third-order valence-electron chi connectivity index (χ3n) is 3.54. The Hall–Kier alpha value is -0.140. The predicted molar refractivity (Wildman–Crippen MR) is 80.9 cm³/mol. The van der Waals surface area contributed by atoms with E-state index in [4.69, 9.17) is 0 Å². The van der Waals surface area contributed by atoms with Gasteiger partial charge in [-0.25, -0.2) is 13.1 Å². The summed E-state index contributed by atoms with van der Waals surface area (Å²) < 4.78 is 28.4. The molecule has 0 unspecified atom stereocenters. The van der Waals surface area contributed by atoms with Crippen LogP contribution in [-0.2, 0) is 10.0 Å². The molecular weight excluding hydrogens is 361 g/mol. The summed E-state index contributed by atoms with van der Waals surface area (Å²) in [6.07, 6.45) is 4.39. The van der Waals surface area contributed by atoms with Gasteiger partial charge in [-0.3, -0.25) is 0 Å². The van der Waals surface area contributed by atoms with Gasteiger partial charge in [-0.1, -0.05) is 19.8 Å². The summed E-state index contributed by atoms with van der Waals surface area (Å²) in [4.78, 5) is 0.362. The van der Waals surface area contributed by atoms with Crippen LogP contribution in [0.3, 0.4) is 0 Å². The maximum absolute atomic E-state index is 12.2. The standard InChI is InChI=1S/C13H18INO2S/c1-10-4-2-3-5-13(10)15-18(16,17)12-8-6-11(14)7-9-12/h6-10,13,15H,2-5H2,1H3/t10-,13+/m1/s1. The smallest absolute Gasteiger partial charge is 0.208 e. The van der Waals surface area contributed by atoms with E-state index in [2.05, 4.69) is 34.2 Å². The zero-order valence-electron chi connectivity index (χ0n) is 10.4. The molecule has 3 nitrogen and oxygen atoms in total. The fourth-order valence-electron chi connectivity index (χ4n) is 2.37. The highest BCUT2D eigenvalue weighted by Gasteiger charge is 2.26. The molecule has 5 heteroatoms. The van der Waals surface area contributed by atoms with E-state index in [0.717, 1.165) is 22.8 Å². The summed E-state index contributed by atoms with van der Waals surface area (Å²) >= 11 is 2.17. The SMILES string of the molecule is C[C@@H]1CCCC[C@@H]1NS(=O)(=O)c1ccc(I)cc1. The van der Waals surface area contributed by atoms with Crippen molar-refractivity contribution in [3.63, 3.8) is 0 Å². The average Bonchev–Trinajstić information content (AvgIpc) is 2.32. The van der Waals surface area contributed by atoms with Gasteiger partial charge in [0, 0.05) is 9.61 Å². The second-order valence-corrected chi connectivity index (χ2v) is 7.90. The summed E-state index contributed by atoms with van der Waals surface area (Å²) in [5.41, 5.74) is 0. The van der Waals surface area contributed by atoms with Gasteiger partial charge < -0.3 is 0 Å². The Morgan fingerprint density at radius 2 is 1.78 bits per heavy atom. The fraction of sp³-hybridized carbons (Fsp3) is 0.538. The van der Waals surface area contributed by atoms with Crippen molar-refractivity contribution in [2.24, 2.45) is 5.92 Å². The molecule has 0 amide bonds. The topological polar surface area (TPSA) is 46.2 Å². The number of hydrogen-bond donors (Lipinski definition) is 1. The quantitative estimate of drug-likeness (QED) is 0.821. The Morgan fingerprint density at radius 1 is 1.17 bits per heavy atom. The van der Waals surface area contributed by atoms with Crippen molar-refractivity contribution in [1.82, 2.24) is 4.72 Å². The normalized spacial score (nSPS) is 25.0. The molecule has 2 rings (SSSR count). The Morgan fingerprint density at radius 3 is 2.39 bits per heavy atom. The number of benzene rings is 1. The third kappa shape index (κ3) is 3.45. The lowest BCUT2D eigenvalue weighted by Crippen LogP contribution is -2.40. The van der Waals surface area contributed by atoms with Gasteiger partial charge in [0.25, 0.3) is 0 Å². The number of hydrogen-bond acceptors (Lipinski definition) is 2. The summed E-state index contributed by atoms with van der Waals surface area (Å²) in [6.45, 7) is 2.13. The first kappa shape index (κ1) is 14.3. The molecule has 0 aliphatic heterocycles. The van der Waals surface area contributed by atoms with Crippen LogP contribution in [0.5, 0.6) is 0 Å². The van der Waals surface area contributed by atoms with Crippen molar-refractivity contribution in [2.75, 3.05) is 0 Å². The second kappa shape index (κ2) is 5.88. The van der Waals surface area contributed by atoms with Crippen molar-refractivity contribution in [1.29, 1.82) is 0 Å². The summed E-state index contributed by atoms with van der Waals surface area (Å²) in [6, 6.07) is 7.05. The Kier molecular flexibility index (Phi) is 4.66. The molecule has 1 N–H and O–H groups in total. The maximum Gasteiger partial charge on any atom is 0.240 e. The van der Waals surface area contributed by atoms with Crippen LogP contribution in [0, 0.1) is 9.49 Å². The summed E-state index contributed by atoms with van der Waals surface area (Å²) in [5, 5.41) is 0. The minimum Gasteiger partial charge on any atom is -0.208 e. The molecule has 0 bridgehead atoms. The zero-order valence-corrected chi connectivity index (χ0v) is 13.4. The van der Waals surface area contributed by atoms with Crippen LogP contribution >= 0.6 is 22.6 Å². The van der Waals surface area contributed by atoms with Gasteiger partial charge in [-0.05, 0) is 65.6 Å². The number of nitrogens with one attached hydrogen (secondary N) is 1. The van der Waals surface area contributed by atoms with Gasteiger partial charge in [0.15, 0.2) is 0 Å². The van der Waals surface area contributed by atoms with E-state index in [1.165, 1.54) is 6.42 Å². The third-order valence-corrected chi connectivity index (χ3v) is 5.77.